The number of aryl methyl sites for hydroxylation is 1. The van der Waals surface area contributed by atoms with E-state index >= 15 is 0 Å². The Hall–Kier alpha value is -2.23. The van der Waals surface area contributed by atoms with E-state index in [2.05, 4.69) is 5.32 Å². The van der Waals surface area contributed by atoms with Gasteiger partial charge in [-0.2, -0.15) is 0 Å². The first kappa shape index (κ1) is 23.1. The van der Waals surface area contributed by atoms with Crippen LogP contribution in [0.2, 0.25) is 0 Å². The van der Waals surface area contributed by atoms with Gasteiger partial charge in [-0.25, -0.2) is 17.5 Å². The van der Waals surface area contributed by atoms with Gasteiger partial charge in [0.15, 0.2) is 0 Å². The third kappa shape index (κ3) is 5.65. The quantitative estimate of drug-likeness (QED) is 0.599. The van der Waals surface area contributed by atoms with E-state index in [0.717, 1.165) is 29.7 Å². The standard InChI is InChI=1S/C20H26N2O5S2/c1-5-7-12-22(4)29(25,26)16-10-8-15(9-11-16)19(23)21-17-13-14(3)18(28-17)20(24)27-6-2/h8-11,13H,5-7,12H2,1-4H3,(H,21,23). The molecule has 1 aromatic heterocycles. The first-order chi connectivity index (χ1) is 13.7. The molecule has 0 saturated heterocycles. The zero-order valence-electron chi connectivity index (χ0n) is 17.0. The van der Waals surface area contributed by atoms with Crippen LogP contribution in [0.3, 0.4) is 0 Å². The van der Waals surface area contributed by atoms with Crippen LogP contribution in [-0.4, -0.2) is 44.8 Å². The van der Waals surface area contributed by atoms with Crippen molar-refractivity contribution < 1.29 is 22.7 Å². The average molecular weight is 439 g/mol. The predicted molar refractivity (Wildman–Crippen MR) is 114 cm³/mol. The summed E-state index contributed by atoms with van der Waals surface area (Å²) in [4.78, 5) is 25.0. The monoisotopic (exact) mass is 438 g/mol. The fourth-order valence-corrected chi connectivity index (χ4v) is 4.76. The van der Waals surface area contributed by atoms with Crippen LogP contribution in [0.1, 0.15) is 52.3 Å². The van der Waals surface area contributed by atoms with E-state index in [0.29, 0.717) is 22.0 Å². The van der Waals surface area contributed by atoms with Crippen LogP contribution in [0.4, 0.5) is 5.00 Å². The van der Waals surface area contributed by atoms with Crippen LogP contribution in [0.25, 0.3) is 0 Å². The normalized spacial score (nSPS) is 11.5. The SMILES string of the molecule is CCCCN(C)S(=O)(=O)c1ccc(C(=O)Nc2cc(C)c(C(=O)OCC)s2)cc1. The molecule has 1 heterocycles. The maximum Gasteiger partial charge on any atom is 0.348 e. The number of sulfonamides is 1. The van der Waals surface area contributed by atoms with Gasteiger partial charge in [0.05, 0.1) is 16.5 Å². The number of carbonyl (C=O) groups excluding carboxylic acids is 2. The Morgan fingerprint density at radius 2 is 1.83 bits per heavy atom. The maximum absolute atomic E-state index is 12.6. The first-order valence-electron chi connectivity index (χ1n) is 9.36. The van der Waals surface area contributed by atoms with Crippen molar-refractivity contribution in [3.05, 3.63) is 46.3 Å². The van der Waals surface area contributed by atoms with Crippen molar-refractivity contribution in [2.24, 2.45) is 0 Å². The van der Waals surface area contributed by atoms with Crippen molar-refractivity contribution in [1.29, 1.82) is 0 Å². The summed E-state index contributed by atoms with van der Waals surface area (Å²) < 4.78 is 31.4. The Kier molecular flexibility index (Phi) is 7.95. The number of unbranched alkanes of at least 4 members (excludes halogenated alkanes) is 1. The highest BCUT2D eigenvalue weighted by atomic mass is 32.2. The fourth-order valence-electron chi connectivity index (χ4n) is 2.59. The molecule has 0 radical (unpaired) electrons. The lowest BCUT2D eigenvalue weighted by Crippen LogP contribution is -2.28. The highest BCUT2D eigenvalue weighted by Crippen LogP contribution is 2.28. The molecule has 2 aromatic rings. The Morgan fingerprint density at radius 3 is 2.41 bits per heavy atom. The molecule has 0 unspecified atom stereocenters. The summed E-state index contributed by atoms with van der Waals surface area (Å²) in [6, 6.07) is 7.51. The van der Waals surface area contributed by atoms with Crippen molar-refractivity contribution in [3.8, 4) is 0 Å². The second-order valence-corrected chi connectivity index (χ2v) is 9.60. The van der Waals surface area contributed by atoms with Gasteiger partial charge in [-0.1, -0.05) is 13.3 Å². The van der Waals surface area contributed by atoms with Gasteiger partial charge >= 0.3 is 5.97 Å². The van der Waals surface area contributed by atoms with Crippen LogP contribution in [0, 0.1) is 6.92 Å². The molecule has 9 heteroatoms. The van der Waals surface area contributed by atoms with E-state index in [4.69, 9.17) is 4.74 Å². The van der Waals surface area contributed by atoms with E-state index < -0.39 is 16.0 Å². The average Bonchev–Trinajstić information content (AvgIpc) is 3.06. The minimum atomic E-state index is -3.58. The fraction of sp³-hybridized carbons (Fsp3) is 0.400. The zero-order chi connectivity index (χ0) is 21.6. The van der Waals surface area contributed by atoms with Crippen LogP contribution < -0.4 is 5.32 Å². The highest BCUT2D eigenvalue weighted by molar-refractivity contribution is 7.89. The third-order valence-electron chi connectivity index (χ3n) is 4.27. The number of nitrogens with one attached hydrogen (secondary N) is 1. The number of hydrogen-bond donors (Lipinski definition) is 1. The molecule has 2 rings (SSSR count). The Balaban J connectivity index is 2.11. The minimum absolute atomic E-state index is 0.143. The number of ether oxygens (including phenoxy) is 1. The highest BCUT2D eigenvalue weighted by Gasteiger charge is 2.21. The number of benzene rings is 1. The second-order valence-electron chi connectivity index (χ2n) is 6.50. The van der Waals surface area contributed by atoms with Gasteiger partial charge in [0.2, 0.25) is 10.0 Å². The predicted octanol–water partition coefficient (Wildman–Crippen LogP) is 3.91. The van der Waals surface area contributed by atoms with Gasteiger partial charge < -0.3 is 10.1 Å². The molecule has 0 aliphatic rings. The van der Waals surface area contributed by atoms with E-state index in [1.54, 1.807) is 27.0 Å². The molecule has 1 aromatic carbocycles. The maximum atomic E-state index is 12.6. The molecule has 0 aliphatic carbocycles. The molecule has 0 aliphatic heterocycles. The molecule has 1 amide bonds. The van der Waals surface area contributed by atoms with Gasteiger partial charge in [-0.3, -0.25) is 4.79 Å². The van der Waals surface area contributed by atoms with Gasteiger partial charge in [-0.05, 0) is 56.2 Å². The molecule has 7 nitrogen and oxygen atoms in total. The van der Waals surface area contributed by atoms with Crippen molar-refractivity contribution in [2.75, 3.05) is 25.5 Å². The lowest BCUT2D eigenvalue weighted by Gasteiger charge is -2.16. The minimum Gasteiger partial charge on any atom is -0.462 e. The Morgan fingerprint density at radius 1 is 1.17 bits per heavy atom. The lowest BCUT2D eigenvalue weighted by molar-refractivity contribution is 0.0531. The number of thiophene rings is 1. The van der Waals surface area contributed by atoms with Crippen molar-refractivity contribution in [2.45, 2.75) is 38.5 Å². The number of nitrogens with zero attached hydrogens (tertiary/aromatic N) is 1. The van der Waals surface area contributed by atoms with Crippen molar-refractivity contribution in [3.63, 3.8) is 0 Å². The van der Waals surface area contributed by atoms with E-state index in [9.17, 15) is 18.0 Å². The smallest absolute Gasteiger partial charge is 0.348 e. The molecular formula is C20H26N2O5S2. The first-order valence-corrected chi connectivity index (χ1v) is 11.6. The molecule has 29 heavy (non-hydrogen) atoms. The van der Waals surface area contributed by atoms with Gasteiger partial charge in [0.25, 0.3) is 5.91 Å². The number of esters is 1. The molecule has 1 N–H and O–H groups in total. The summed E-state index contributed by atoms with van der Waals surface area (Å²) in [7, 11) is -2.03. The molecule has 158 valence electrons. The molecule has 0 saturated carbocycles. The number of amides is 1. The number of rotatable bonds is 9. The van der Waals surface area contributed by atoms with Gasteiger partial charge in [0, 0.05) is 19.2 Å². The number of anilines is 1. The van der Waals surface area contributed by atoms with E-state index in [1.165, 1.54) is 28.6 Å². The third-order valence-corrected chi connectivity index (χ3v) is 7.27. The summed E-state index contributed by atoms with van der Waals surface area (Å²) in [5.41, 5.74) is 1.05. The van der Waals surface area contributed by atoms with Crippen LogP contribution in [0.5, 0.6) is 0 Å². The summed E-state index contributed by atoms with van der Waals surface area (Å²) >= 11 is 1.14. The van der Waals surface area contributed by atoms with Crippen molar-refractivity contribution >= 4 is 38.2 Å². The van der Waals surface area contributed by atoms with Gasteiger partial charge in [-0.15, -0.1) is 11.3 Å². The summed E-state index contributed by atoms with van der Waals surface area (Å²) in [6.07, 6.45) is 1.68. The second kappa shape index (κ2) is 10.00. The molecule has 0 spiro atoms. The van der Waals surface area contributed by atoms with Crippen LogP contribution in [-0.2, 0) is 14.8 Å². The Bertz CT molecular complexity index is 965. The molecule has 0 bridgehead atoms. The Labute approximate surface area is 175 Å². The van der Waals surface area contributed by atoms with Crippen molar-refractivity contribution in [1.82, 2.24) is 4.31 Å². The number of carbonyl (C=O) groups is 2. The lowest BCUT2D eigenvalue weighted by atomic mass is 10.2. The topological polar surface area (TPSA) is 92.8 Å². The number of hydrogen-bond acceptors (Lipinski definition) is 6. The molecule has 0 atom stereocenters. The van der Waals surface area contributed by atoms with E-state index in [-0.39, 0.29) is 17.4 Å². The molecular weight excluding hydrogens is 412 g/mol. The molecule has 0 fully saturated rings. The van der Waals surface area contributed by atoms with Gasteiger partial charge in [0.1, 0.15) is 4.88 Å². The van der Waals surface area contributed by atoms with E-state index in [1.807, 2.05) is 6.92 Å². The largest absolute Gasteiger partial charge is 0.462 e. The summed E-state index contributed by atoms with van der Waals surface area (Å²) in [5.74, 6) is -0.804. The zero-order valence-corrected chi connectivity index (χ0v) is 18.7. The summed E-state index contributed by atoms with van der Waals surface area (Å²) in [5, 5.41) is 3.26. The van der Waals surface area contributed by atoms with Crippen LogP contribution >= 0.6 is 11.3 Å². The van der Waals surface area contributed by atoms with Crippen LogP contribution in [0.15, 0.2) is 35.2 Å². The summed E-state index contributed by atoms with van der Waals surface area (Å²) in [6.45, 7) is 6.23.